The number of thioether (sulfide) groups is 1. The summed E-state index contributed by atoms with van der Waals surface area (Å²) in [7, 11) is 0. The topological polar surface area (TPSA) is 67.4 Å². The Morgan fingerprint density at radius 2 is 1.96 bits per heavy atom. The number of carbonyl (C=O) groups is 2. The number of benzene rings is 2. The second-order valence-corrected chi connectivity index (χ2v) is 6.02. The molecule has 0 saturated carbocycles. The minimum absolute atomic E-state index is 0.200. The molecule has 0 radical (unpaired) electrons. The molecular formula is C17H16N2O3S. The van der Waals surface area contributed by atoms with E-state index in [0.29, 0.717) is 22.7 Å². The van der Waals surface area contributed by atoms with E-state index in [1.54, 1.807) is 49.0 Å². The normalized spacial score (nSPS) is 16.1. The first-order chi connectivity index (χ1) is 11.1. The number of nitrogens with one attached hydrogen (secondary N) is 2. The molecule has 3 rings (SSSR count). The van der Waals surface area contributed by atoms with E-state index in [9.17, 15) is 9.59 Å². The molecule has 0 saturated heterocycles. The van der Waals surface area contributed by atoms with Crippen LogP contribution in [0.15, 0.2) is 47.4 Å². The molecule has 2 N–H and O–H groups in total. The zero-order chi connectivity index (χ0) is 16.4. The summed E-state index contributed by atoms with van der Waals surface area (Å²) in [6.07, 6.45) is 1.47. The summed E-state index contributed by atoms with van der Waals surface area (Å²) in [6, 6.07) is 12.5. The Bertz CT molecular complexity index is 759. The SMILES string of the molecule is CSc1ccc(C(=O)Nc2ccc3c(c2)NC(=O)[C@@H](C)O3)cc1. The first kappa shape index (κ1) is 15.4. The van der Waals surface area contributed by atoms with Gasteiger partial charge >= 0.3 is 0 Å². The zero-order valence-electron chi connectivity index (χ0n) is 12.8. The average Bonchev–Trinajstić information content (AvgIpc) is 2.56. The van der Waals surface area contributed by atoms with Crippen molar-refractivity contribution in [1.29, 1.82) is 0 Å². The summed E-state index contributed by atoms with van der Waals surface area (Å²) < 4.78 is 5.49. The van der Waals surface area contributed by atoms with Gasteiger partial charge in [-0.1, -0.05) is 0 Å². The van der Waals surface area contributed by atoms with Gasteiger partial charge < -0.3 is 15.4 Å². The van der Waals surface area contributed by atoms with E-state index in [4.69, 9.17) is 4.74 Å². The van der Waals surface area contributed by atoms with Crippen molar-refractivity contribution in [3.05, 3.63) is 48.0 Å². The van der Waals surface area contributed by atoms with E-state index in [1.807, 2.05) is 18.4 Å². The van der Waals surface area contributed by atoms with Gasteiger partial charge in [0.15, 0.2) is 6.10 Å². The highest BCUT2D eigenvalue weighted by Gasteiger charge is 2.23. The van der Waals surface area contributed by atoms with Crippen LogP contribution in [0.1, 0.15) is 17.3 Å². The first-order valence-electron chi connectivity index (χ1n) is 7.14. The molecule has 2 aromatic rings. The number of ether oxygens (including phenoxy) is 1. The standard InChI is InChI=1S/C17H16N2O3S/c1-10-16(20)19-14-9-12(5-8-15(14)22-10)18-17(21)11-3-6-13(23-2)7-4-11/h3-10H,1-2H3,(H,18,21)(H,19,20)/t10-/m1/s1. The lowest BCUT2D eigenvalue weighted by atomic mass is 10.2. The van der Waals surface area contributed by atoms with E-state index in [-0.39, 0.29) is 11.8 Å². The largest absolute Gasteiger partial charge is 0.479 e. The molecule has 0 bridgehead atoms. The highest BCUT2D eigenvalue weighted by Crippen LogP contribution is 2.32. The molecule has 0 aromatic heterocycles. The average molecular weight is 328 g/mol. The van der Waals surface area contributed by atoms with Crippen molar-refractivity contribution in [3.63, 3.8) is 0 Å². The summed E-state index contributed by atoms with van der Waals surface area (Å²) in [5.41, 5.74) is 1.74. The molecular weight excluding hydrogens is 312 g/mol. The lowest BCUT2D eigenvalue weighted by Crippen LogP contribution is -2.34. The van der Waals surface area contributed by atoms with E-state index < -0.39 is 6.10 Å². The summed E-state index contributed by atoms with van der Waals surface area (Å²) in [5.74, 6) is 0.196. The van der Waals surface area contributed by atoms with Crippen molar-refractivity contribution in [2.24, 2.45) is 0 Å². The highest BCUT2D eigenvalue weighted by molar-refractivity contribution is 7.98. The number of amides is 2. The molecule has 23 heavy (non-hydrogen) atoms. The van der Waals surface area contributed by atoms with Crippen LogP contribution in [0, 0.1) is 0 Å². The van der Waals surface area contributed by atoms with Crippen LogP contribution in [-0.2, 0) is 4.79 Å². The molecule has 0 unspecified atom stereocenters. The molecule has 6 heteroatoms. The maximum absolute atomic E-state index is 12.3. The minimum Gasteiger partial charge on any atom is -0.479 e. The summed E-state index contributed by atoms with van der Waals surface area (Å²) >= 11 is 1.62. The van der Waals surface area contributed by atoms with Crippen LogP contribution in [0.3, 0.4) is 0 Å². The number of carbonyl (C=O) groups excluding carboxylic acids is 2. The fourth-order valence-electron chi connectivity index (χ4n) is 2.23. The highest BCUT2D eigenvalue weighted by atomic mass is 32.2. The minimum atomic E-state index is -0.516. The van der Waals surface area contributed by atoms with Gasteiger partial charge in [0.2, 0.25) is 0 Å². The lowest BCUT2D eigenvalue weighted by Gasteiger charge is -2.23. The van der Waals surface area contributed by atoms with Crippen LogP contribution in [0.4, 0.5) is 11.4 Å². The Labute approximate surface area is 138 Å². The maximum Gasteiger partial charge on any atom is 0.265 e. The quantitative estimate of drug-likeness (QED) is 0.848. The fraction of sp³-hybridized carbons (Fsp3) is 0.176. The van der Waals surface area contributed by atoms with Gasteiger partial charge in [-0.25, -0.2) is 0 Å². The predicted molar refractivity (Wildman–Crippen MR) is 91.3 cm³/mol. The van der Waals surface area contributed by atoms with Crippen molar-refractivity contribution < 1.29 is 14.3 Å². The Hall–Kier alpha value is -2.47. The van der Waals surface area contributed by atoms with Gasteiger partial charge in [-0.15, -0.1) is 11.8 Å². The van der Waals surface area contributed by atoms with Crippen LogP contribution >= 0.6 is 11.8 Å². The maximum atomic E-state index is 12.3. The van der Waals surface area contributed by atoms with Crippen LogP contribution < -0.4 is 15.4 Å². The third-order valence-corrected chi connectivity index (χ3v) is 4.26. The smallest absolute Gasteiger partial charge is 0.265 e. The number of fused-ring (bicyclic) bond motifs is 1. The second kappa shape index (κ2) is 6.34. The van der Waals surface area contributed by atoms with Crippen LogP contribution in [-0.4, -0.2) is 24.2 Å². The predicted octanol–water partition coefficient (Wildman–Crippen LogP) is 3.38. The summed E-state index contributed by atoms with van der Waals surface area (Å²) in [4.78, 5) is 25.0. The lowest BCUT2D eigenvalue weighted by molar-refractivity contribution is -0.122. The van der Waals surface area contributed by atoms with Crippen LogP contribution in [0.2, 0.25) is 0 Å². The number of hydrogen-bond donors (Lipinski definition) is 2. The van der Waals surface area contributed by atoms with Gasteiger partial charge in [0.05, 0.1) is 5.69 Å². The molecule has 2 aromatic carbocycles. The molecule has 0 aliphatic carbocycles. The third kappa shape index (κ3) is 3.32. The third-order valence-electron chi connectivity index (χ3n) is 3.52. The monoisotopic (exact) mass is 328 g/mol. The van der Waals surface area contributed by atoms with E-state index in [1.165, 1.54) is 0 Å². The molecule has 0 fully saturated rings. The molecule has 1 aliphatic rings. The van der Waals surface area contributed by atoms with E-state index >= 15 is 0 Å². The molecule has 2 amide bonds. The van der Waals surface area contributed by atoms with Crippen molar-refractivity contribution in [2.75, 3.05) is 16.9 Å². The van der Waals surface area contributed by atoms with Gasteiger partial charge in [0.1, 0.15) is 5.75 Å². The fourth-order valence-corrected chi connectivity index (χ4v) is 2.64. The Morgan fingerprint density at radius 1 is 1.22 bits per heavy atom. The van der Waals surface area contributed by atoms with E-state index in [0.717, 1.165) is 4.90 Å². The molecule has 5 nitrogen and oxygen atoms in total. The summed E-state index contributed by atoms with van der Waals surface area (Å²) in [6.45, 7) is 1.69. The molecule has 0 spiro atoms. The Balaban J connectivity index is 1.76. The number of anilines is 2. The van der Waals surface area contributed by atoms with Crippen molar-refractivity contribution >= 4 is 35.0 Å². The van der Waals surface area contributed by atoms with E-state index in [2.05, 4.69) is 10.6 Å². The molecule has 1 aliphatic heterocycles. The molecule has 118 valence electrons. The van der Waals surface area contributed by atoms with Crippen LogP contribution in [0.5, 0.6) is 5.75 Å². The Morgan fingerprint density at radius 3 is 2.65 bits per heavy atom. The number of hydrogen-bond acceptors (Lipinski definition) is 4. The van der Waals surface area contributed by atoms with Gasteiger partial charge in [-0.05, 0) is 55.6 Å². The van der Waals surface area contributed by atoms with Gasteiger partial charge in [-0.3, -0.25) is 9.59 Å². The van der Waals surface area contributed by atoms with Crippen molar-refractivity contribution in [2.45, 2.75) is 17.9 Å². The van der Waals surface area contributed by atoms with Crippen LogP contribution in [0.25, 0.3) is 0 Å². The number of rotatable bonds is 3. The zero-order valence-corrected chi connectivity index (χ0v) is 13.6. The first-order valence-corrected chi connectivity index (χ1v) is 8.36. The Kier molecular flexibility index (Phi) is 4.25. The van der Waals surface area contributed by atoms with Gasteiger partial charge in [0.25, 0.3) is 11.8 Å². The summed E-state index contributed by atoms with van der Waals surface area (Å²) in [5, 5.41) is 5.58. The molecule has 1 atom stereocenters. The molecule has 1 heterocycles. The second-order valence-electron chi connectivity index (χ2n) is 5.14. The van der Waals surface area contributed by atoms with Gasteiger partial charge in [-0.2, -0.15) is 0 Å². The van der Waals surface area contributed by atoms with Crippen molar-refractivity contribution in [3.8, 4) is 5.75 Å². The van der Waals surface area contributed by atoms with Gasteiger partial charge in [0, 0.05) is 16.1 Å². The van der Waals surface area contributed by atoms with Crippen molar-refractivity contribution in [1.82, 2.24) is 0 Å².